The average Bonchev–Trinajstić information content (AvgIpc) is 2.27. The zero-order valence-corrected chi connectivity index (χ0v) is 12.3. The number of hydrogen-bond donors (Lipinski definition) is 1. The first-order chi connectivity index (χ1) is 8.01. The summed E-state index contributed by atoms with van der Waals surface area (Å²) >= 11 is 2.09. The van der Waals surface area contributed by atoms with Gasteiger partial charge in [0.25, 0.3) is 0 Å². The van der Waals surface area contributed by atoms with E-state index in [1.165, 1.54) is 37.2 Å². The molecule has 0 amide bonds. The minimum Gasteiger partial charge on any atom is -0.297 e. The summed E-state index contributed by atoms with van der Waals surface area (Å²) < 4.78 is 0. The van der Waals surface area contributed by atoms with Crippen molar-refractivity contribution in [2.24, 2.45) is 5.92 Å². The minimum absolute atomic E-state index is 0.0213. The fourth-order valence-electron chi connectivity index (χ4n) is 2.34. The predicted octanol–water partition coefficient (Wildman–Crippen LogP) is 3.58. The molecule has 0 aromatic carbocycles. The molecule has 17 heavy (non-hydrogen) atoms. The summed E-state index contributed by atoms with van der Waals surface area (Å²) in [6, 6.07) is 2.40. The van der Waals surface area contributed by atoms with E-state index in [1.54, 1.807) is 0 Å². The topological polar surface area (TPSA) is 35.8 Å². The molecule has 3 heteroatoms. The number of nitrogens with one attached hydrogen (secondary N) is 1. The second-order valence-electron chi connectivity index (χ2n) is 6.06. The molecule has 98 valence electrons. The van der Waals surface area contributed by atoms with Crippen molar-refractivity contribution in [3.05, 3.63) is 0 Å². The average molecular weight is 254 g/mol. The van der Waals surface area contributed by atoms with Crippen LogP contribution in [0.15, 0.2) is 0 Å². The molecule has 1 unspecified atom stereocenters. The van der Waals surface area contributed by atoms with E-state index in [0.29, 0.717) is 0 Å². The highest BCUT2D eigenvalue weighted by Crippen LogP contribution is 2.26. The maximum absolute atomic E-state index is 9.11. The molecule has 1 atom stereocenters. The molecule has 1 rings (SSSR count). The van der Waals surface area contributed by atoms with E-state index in [2.05, 4.69) is 43.9 Å². The fraction of sp³-hybridized carbons (Fsp3) is 0.929. The van der Waals surface area contributed by atoms with Gasteiger partial charge in [-0.1, -0.05) is 12.8 Å². The van der Waals surface area contributed by atoms with E-state index >= 15 is 0 Å². The van der Waals surface area contributed by atoms with Crippen LogP contribution in [0.2, 0.25) is 0 Å². The van der Waals surface area contributed by atoms with Gasteiger partial charge in [0.1, 0.15) is 0 Å². The Morgan fingerprint density at radius 1 is 1.35 bits per heavy atom. The van der Waals surface area contributed by atoms with Gasteiger partial charge in [0, 0.05) is 5.54 Å². The Morgan fingerprint density at radius 2 is 2.00 bits per heavy atom. The highest BCUT2D eigenvalue weighted by Gasteiger charge is 2.18. The lowest BCUT2D eigenvalue weighted by Crippen LogP contribution is -2.42. The van der Waals surface area contributed by atoms with Gasteiger partial charge in [-0.3, -0.25) is 5.32 Å². The third kappa shape index (κ3) is 6.95. The van der Waals surface area contributed by atoms with Crippen molar-refractivity contribution in [3.63, 3.8) is 0 Å². The number of hydrogen-bond acceptors (Lipinski definition) is 3. The van der Waals surface area contributed by atoms with Crippen molar-refractivity contribution in [1.29, 1.82) is 5.26 Å². The van der Waals surface area contributed by atoms with Crippen LogP contribution in [0.5, 0.6) is 0 Å². The molecule has 1 aliphatic heterocycles. The van der Waals surface area contributed by atoms with Gasteiger partial charge < -0.3 is 0 Å². The smallest absolute Gasteiger partial charge is 0.0956 e. The lowest BCUT2D eigenvalue weighted by molar-refractivity contribution is 0.362. The Labute approximate surface area is 111 Å². The Kier molecular flexibility index (Phi) is 6.37. The van der Waals surface area contributed by atoms with Crippen LogP contribution >= 0.6 is 11.8 Å². The Balaban J connectivity index is 2.17. The van der Waals surface area contributed by atoms with Gasteiger partial charge in [0.15, 0.2) is 0 Å². The maximum Gasteiger partial charge on any atom is 0.0956 e. The van der Waals surface area contributed by atoms with E-state index in [0.717, 1.165) is 12.3 Å². The normalized spacial score (nSPS) is 19.9. The monoisotopic (exact) mass is 254 g/mol. The fourth-order valence-corrected chi connectivity index (χ4v) is 3.54. The zero-order chi connectivity index (χ0) is 12.7. The van der Waals surface area contributed by atoms with Crippen molar-refractivity contribution in [3.8, 4) is 6.07 Å². The molecule has 0 radical (unpaired) electrons. The van der Waals surface area contributed by atoms with Gasteiger partial charge in [0.05, 0.1) is 12.1 Å². The van der Waals surface area contributed by atoms with Gasteiger partial charge in [-0.05, 0) is 57.5 Å². The lowest BCUT2D eigenvalue weighted by atomic mass is 9.94. The lowest BCUT2D eigenvalue weighted by Gasteiger charge is -2.25. The quantitative estimate of drug-likeness (QED) is 0.814. The molecule has 1 heterocycles. The summed E-state index contributed by atoms with van der Waals surface area (Å²) in [5, 5.41) is 12.5. The molecule has 2 nitrogen and oxygen atoms in total. The molecule has 1 N–H and O–H groups in total. The van der Waals surface area contributed by atoms with Gasteiger partial charge in [0.2, 0.25) is 0 Å². The Hall–Kier alpha value is -0.200. The molecule has 0 spiro atoms. The molecule has 1 aliphatic rings. The van der Waals surface area contributed by atoms with Crippen LogP contribution in [0.1, 0.15) is 52.9 Å². The third-order valence-corrected chi connectivity index (χ3v) is 4.26. The van der Waals surface area contributed by atoms with Gasteiger partial charge in [-0.15, -0.1) is 0 Å². The Morgan fingerprint density at radius 3 is 2.53 bits per heavy atom. The SMILES string of the molecule is CC(C)(C)NC(C#N)CCCC1CCSCC1. The van der Waals surface area contributed by atoms with Gasteiger partial charge >= 0.3 is 0 Å². The van der Waals surface area contributed by atoms with E-state index in [9.17, 15) is 0 Å². The van der Waals surface area contributed by atoms with Crippen molar-refractivity contribution in [2.45, 2.75) is 64.5 Å². The standard InChI is InChI=1S/C14H26N2S/c1-14(2,3)16-13(11-15)6-4-5-12-7-9-17-10-8-12/h12-13,16H,4-10H2,1-3H3. The minimum atomic E-state index is 0.0213. The first-order valence-corrected chi connectivity index (χ1v) is 7.92. The zero-order valence-electron chi connectivity index (χ0n) is 11.5. The molecule has 0 saturated carbocycles. The summed E-state index contributed by atoms with van der Waals surface area (Å²) in [6.07, 6.45) is 6.27. The van der Waals surface area contributed by atoms with Crippen LogP contribution in [0.25, 0.3) is 0 Å². The number of nitriles is 1. The second kappa shape index (κ2) is 7.28. The van der Waals surface area contributed by atoms with Crippen LogP contribution in [-0.4, -0.2) is 23.1 Å². The van der Waals surface area contributed by atoms with Crippen molar-refractivity contribution in [1.82, 2.24) is 5.32 Å². The first kappa shape index (κ1) is 14.9. The maximum atomic E-state index is 9.11. The molecule has 0 aromatic heterocycles. The van der Waals surface area contributed by atoms with Crippen LogP contribution in [-0.2, 0) is 0 Å². The molecular weight excluding hydrogens is 228 g/mol. The molecule has 0 aromatic rings. The highest BCUT2D eigenvalue weighted by atomic mass is 32.2. The first-order valence-electron chi connectivity index (χ1n) is 6.76. The van der Waals surface area contributed by atoms with E-state index in [4.69, 9.17) is 5.26 Å². The van der Waals surface area contributed by atoms with Crippen LogP contribution in [0.4, 0.5) is 0 Å². The third-order valence-electron chi connectivity index (χ3n) is 3.21. The molecule has 0 aliphatic carbocycles. The molecule has 1 fully saturated rings. The largest absolute Gasteiger partial charge is 0.297 e. The molecule has 0 bridgehead atoms. The highest BCUT2D eigenvalue weighted by molar-refractivity contribution is 7.99. The van der Waals surface area contributed by atoms with Crippen LogP contribution in [0, 0.1) is 17.2 Å². The van der Waals surface area contributed by atoms with E-state index in [-0.39, 0.29) is 11.6 Å². The number of nitrogens with zero attached hydrogens (tertiary/aromatic N) is 1. The summed E-state index contributed by atoms with van der Waals surface area (Å²) in [4.78, 5) is 0. The Bertz CT molecular complexity index is 246. The summed E-state index contributed by atoms with van der Waals surface area (Å²) in [5.74, 6) is 3.60. The van der Waals surface area contributed by atoms with E-state index in [1.807, 2.05) is 0 Å². The summed E-state index contributed by atoms with van der Waals surface area (Å²) in [5.41, 5.74) is 0.0435. The van der Waals surface area contributed by atoms with Gasteiger partial charge in [-0.2, -0.15) is 17.0 Å². The van der Waals surface area contributed by atoms with Crippen molar-refractivity contribution in [2.75, 3.05) is 11.5 Å². The summed E-state index contributed by atoms with van der Waals surface area (Å²) in [7, 11) is 0. The predicted molar refractivity (Wildman–Crippen MR) is 76.2 cm³/mol. The van der Waals surface area contributed by atoms with Crippen molar-refractivity contribution < 1.29 is 0 Å². The molecular formula is C14H26N2S. The number of thioether (sulfide) groups is 1. The van der Waals surface area contributed by atoms with Gasteiger partial charge in [-0.25, -0.2) is 0 Å². The van der Waals surface area contributed by atoms with Crippen LogP contribution < -0.4 is 5.32 Å². The van der Waals surface area contributed by atoms with Crippen molar-refractivity contribution >= 4 is 11.8 Å². The van der Waals surface area contributed by atoms with Crippen LogP contribution in [0.3, 0.4) is 0 Å². The van der Waals surface area contributed by atoms with E-state index < -0.39 is 0 Å². The second-order valence-corrected chi connectivity index (χ2v) is 7.29. The number of rotatable bonds is 5. The molecule has 1 saturated heterocycles. The summed E-state index contributed by atoms with van der Waals surface area (Å²) in [6.45, 7) is 6.36.